The average molecular weight is 195 g/mol. The standard InChI is InChI=1S/C9H6N2O.ClH/c10-5-6-1-2-7-4-9(12)11-8(7)3-6;/h1-3H,4H2,(H,11,12);1H. The first kappa shape index (κ1) is 9.56. The van der Waals surface area contributed by atoms with E-state index < -0.39 is 0 Å². The number of benzene rings is 1. The molecule has 2 rings (SSSR count). The summed E-state index contributed by atoms with van der Waals surface area (Å²) in [5.41, 5.74) is 2.33. The van der Waals surface area contributed by atoms with Crippen LogP contribution in [-0.2, 0) is 11.2 Å². The Hall–Kier alpha value is -1.53. The number of amides is 1. The van der Waals surface area contributed by atoms with E-state index in [0.717, 1.165) is 11.3 Å². The minimum Gasteiger partial charge on any atom is -0.325 e. The van der Waals surface area contributed by atoms with Crippen molar-refractivity contribution in [3.05, 3.63) is 29.3 Å². The van der Waals surface area contributed by atoms with Gasteiger partial charge in [-0.05, 0) is 17.7 Å². The Morgan fingerprint density at radius 2 is 2.23 bits per heavy atom. The first-order valence-electron chi connectivity index (χ1n) is 3.62. The van der Waals surface area contributed by atoms with Gasteiger partial charge in [0.15, 0.2) is 0 Å². The smallest absolute Gasteiger partial charge is 0.228 e. The lowest BCUT2D eigenvalue weighted by Gasteiger charge is -1.96. The first-order valence-corrected chi connectivity index (χ1v) is 3.62. The molecule has 0 spiro atoms. The summed E-state index contributed by atoms with van der Waals surface area (Å²) in [5, 5.41) is 11.3. The first-order chi connectivity index (χ1) is 5.79. The van der Waals surface area contributed by atoms with Crippen LogP contribution in [0.15, 0.2) is 18.2 Å². The number of nitrogens with one attached hydrogen (secondary N) is 1. The van der Waals surface area contributed by atoms with Gasteiger partial charge in [0, 0.05) is 5.69 Å². The number of carbonyl (C=O) groups excluding carboxylic acids is 1. The molecule has 0 bridgehead atoms. The predicted octanol–water partition coefficient (Wildman–Crippen LogP) is 1.47. The lowest BCUT2D eigenvalue weighted by Crippen LogP contribution is -2.03. The molecule has 1 aromatic rings. The molecule has 1 heterocycles. The molecule has 4 heteroatoms. The molecule has 66 valence electrons. The van der Waals surface area contributed by atoms with Crippen molar-refractivity contribution >= 4 is 24.0 Å². The lowest BCUT2D eigenvalue weighted by atomic mass is 10.1. The highest BCUT2D eigenvalue weighted by molar-refractivity contribution is 5.99. The third-order valence-corrected chi connectivity index (χ3v) is 1.86. The van der Waals surface area contributed by atoms with Crippen molar-refractivity contribution in [1.82, 2.24) is 0 Å². The van der Waals surface area contributed by atoms with Gasteiger partial charge in [-0.25, -0.2) is 0 Å². The van der Waals surface area contributed by atoms with E-state index >= 15 is 0 Å². The number of anilines is 1. The number of hydrogen-bond acceptors (Lipinski definition) is 2. The van der Waals surface area contributed by atoms with E-state index in [4.69, 9.17) is 5.26 Å². The van der Waals surface area contributed by atoms with Crippen molar-refractivity contribution in [2.24, 2.45) is 0 Å². The predicted molar refractivity (Wildman–Crippen MR) is 50.7 cm³/mol. The van der Waals surface area contributed by atoms with Gasteiger partial charge in [-0.3, -0.25) is 4.79 Å². The van der Waals surface area contributed by atoms with E-state index in [1.165, 1.54) is 0 Å². The maximum Gasteiger partial charge on any atom is 0.228 e. The number of nitriles is 1. The van der Waals surface area contributed by atoms with Gasteiger partial charge in [0.2, 0.25) is 5.91 Å². The number of halogens is 1. The third kappa shape index (κ3) is 1.63. The van der Waals surface area contributed by atoms with Gasteiger partial charge in [0.05, 0.1) is 18.1 Å². The fourth-order valence-corrected chi connectivity index (χ4v) is 1.28. The van der Waals surface area contributed by atoms with Crippen molar-refractivity contribution in [2.45, 2.75) is 6.42 Å². The molecule has 1 aliphatic rings. The Balaban J connectivity index is 0.000000845. The van der Waals surface area contributed by atoms with Crippen LogP contribution in [0.4, 0.5) is 5.69 Å². The fourth-order valence-electron chi connectivity index (χ4n) is 1.28. The van der Waals surface area contributed by atoms with Crippen molar-refractivity contribution in [1.29, 1.82) is 5.26 Å². The molecule has 0 unspecified atom stereocenters. The van der Waals surface area contributed by atoms with Crippen LogP contribution in [0, 0.1) is 11.3 Å². The summed E-state index contributed by atoms with van der Waals surface area (Å²) in [4.78, 5) is 10.9. The van der Waals surface area contributed by atoms with E-state index in [-0.39, 0.29) is 18.3 Å². The normalized spacial score (nSPS) is 12.4. The molecular weight excluding hydrogens is 188 g/mol. The fraction of sp³-hybridized carbons (Fsp3) is 0.111. The largest absolute Gasteiger partial charge is 0.325 e. The summed E-state index contributed by atoms with van der Waals surface area (Å²) >= 11 is 0. The molecule has 0 aliphatic carbocycles. The molecule has 1 aromatic carbocycles. The molecule has 13 heavy (non-hydrogen) atoms. The zero-order valence-corrected chi connectivity index (χ0v) is 7.52. The molecule has 1 amide bonds. The second-order valence-electron chi connectivity index (χ2n) is 2.71. The van der Waals surface area contributed by atoms with Crippen molar-refractivity contribution in [3.8, 4) is 6.07 Å². The summed E-state index contributed by atoms with van der Waals surface area (Å²) in [6, 6.07) is 7.25. The van der Waals surface area contributed by atoms with Crippen LogP contribution in [0.5, 0.6) is 0 Å². The van der Waals surface area contributed by atoms with E-state index in [1.54, 1.807) is 12.1 Å². The SMILES string of the molecule is Cl.N#Cc1ccc2c(c1)NC(=O)C2. The van der Waals surface area contributed by atoms with Gasteiger partial charge in [0.1, 0.15) is 0 Å². The second kappa shape index (κ2) is 3.46. The molecule has 0 saturated carbocycles. The molecular formula is C9H7ClN2O. The maximum atomic E-state index is 10.9. The molecule has 0 radical (unpaired) electrons. The van der Waals surface area contributed by atoms with Crippen LogP contribution in [0.2, 0.25) is 0 Å². The molecule has 0 fully saturated rings. The molecule has 1 aliphatic heterocycles. The molecule has 0 aromatic heterocycles. The summed E-state index contributed by atoms with van der Waals surface area (Å²) in [7, 11) is 0. The van der Waals surface area contributed by atoms with E-state index in [9.17, 15) is 4.79 Å². The van der Waals surface area contributed by atoms with Crippen LogP contribution in [-0.4, -0.2) is 5.91 Å². The van der Waals surface area contributed by atoms with E-state index in [2.05, 4.69) is 5.32 Å². The van der Waals surface area contributed by atoms with E-state index in [1.807, 2.05) is 12.1 Å². The van der Waals surface area contributed by atoms with Gasteiger partial charge >= 0.3 is 0 Å². The van der Waals surface area contributed by atoms with Gasteiger partial charge in [0.25, 0.3) is 0 Å². The quantitative estimate of drug-likeness (QED) is 0.680. The van der Waals surface area contributed by atoms with Gasteiger partial charge in [-0.15, -0.1) is 12.4 Å². The highest BCUT2D eigenvalue weighted by Crippen LogP contribution is 2.23. The summed E-state index contributed by atoms with van der Waals surface area (Å²) in [6.07, 6.45) is 0.432. The molecule has 3 nitrogen and oxygen atoms in total. The number of nitrogens with zero attached hydrogens (tertiary/aromatic N) is 1. The Morgan fingerprint density at radius 3 is 2.92 bits per heavy atom. The van der Waals surface area contributed by atoms with Crippen molar-refractivity contribution in [3.63, 3.8) is 0 Å². The zero-order valence-electron chi connectivity index (χ0n) is 6.70. The number of carbonyl (C=O) groups is 1. The Morgan fingerprint density at radius 1 is 1.46 bits per heavy atom. The maximum absolute atomic E-state index is 10.9. The lowest BCUT2D eigenvalue weighted by molar-refractivity contribution is -0.115. The highest BCUT2D eigenvalue weighted by atomic mass is 35.5. The Bertz CT molecular complexity index is 395. The van der Waals surface area contributed by atoms with Gasteiger partial charge in [-0.1, -0.05) is 6.07 Å². The topological polar surface area (TPSA) is 52.9 Å². The van der Waals surface area contributed by atoms with Crippen LogP contribution in [0.25, 0.3) is 0 Å². The monoisotopic (exact) mass is 194 g/mol. The van der Waals surface area contributed by atoms with Crippen LogP contribution < -0.4 is 5.32 Å². The van der Waals surface area contributed by atoms with Crippen LogP contribution in [0.1, 0.15) is 11.1 Å². The molecule has 0 atom stereocenters. The molecule has 1 N–H and O–H groups in total. The summed E-state index contributed by atoms with van der Waals surface area (Å²) in [5.74, 6) is 0.0000831. The van der Waals surface area contributed by atoms with Gasteiger partial charge < -0.3 is 5.32 Å². The minimum atomic E-state index is 0. The number of hydrogen-bond donors (Lipinski definition) is 1. The highest BCUT2D eigenvalue weighted by Gasteiger charge is 2.16. The minimum absolute atomic E-state index is 0. The van der Waals surface area contributed by atoms with E-state index in [0.29, 0.717) is 12.0 Å². The third-order valence-electron chi connectivity index (χ3n) is 1.86. The summed E-state index contributed by atoms with van der Waals surface area (Å²) < 4.78 is 0. The second-order valence-corrected chi connectivity index (χ2v) is 2.71. The number of rotatable bonds is 0. The van der Waals surface area contributed by atoms with Crippen LogP contribution >= 0.6 is 12.4 Å². The zero-order chi connectivity index (χ0) is 8.55. The Labute approximate surface area is 81.8 Å². The Kier molecular flexibility index (Phi) is 2.54. The number of fused-ring (bicyclic) bond motifs is 1. The van der Waals surface area contributed by atoms with Crippen LogP contribution in [0.3, 0.4) is 0 Å². The average Bonchev–Trinajstić information content (AvgIpc) is 2.43. The van der Waals surface area contributed by atoms with Crippen molar-refractivity contribution < 1.29 is 4.79 Å². The van der Waals surface area contributed by atoms with Crippen molar-refractivity contribution in [2.75, 3.05) is 5.32 Å². The van der Waals surface area contributed by atoms with Gasteiger partial charge in [-0.2, -0.15) is 5.26 Å². The summed E-state index contributed by atoms with van der Waals surface area (Å²) in [6.45, 7) is 0. The molecule has 0 saturated heterocycles.